The molecular weight excluding hydrogens is 798 g/mol. The molecule has 328 valence electrons. The maximum atomic E-state index is 14.1. The topological polar surface area (TPSA) is 180 Å². The summed E-state index contributed by atoms with van der Waals surface area (Å²) in [6.07, 6.45) is 0.820. The summed E-state index contributed by atoms with van der Waals surface area (Å²) >= 11 is 0. The van der Waals surface area contributed by atoms with Gasteiger partial charge in [-0.1, -0.05) is 52.0 Å². The molecule has 6 rings (SSSR count). The number of alkyl carbamates (subject to hydrolysis) is 2. The molecule has 2 fully saturated rings. The number of hydrogen-bond donors (Lipinski definition) is 4. The van der Waals surface area contributed by atoms with Crippen LogP contribution in [0.1, 0.15) is 53.4 Å². The lowest BCUT2D eigenvalue weighted by Gasteiger charge is -2.30. The van der Waals surface area contributed by atoms with Crippen LogP contribution in [-0.2, 0) is 28.7 Å². The average Bonchev–Trinajstić information content (AvgIpc) is 4.06. The number of halogens is 1. The molecule has 2 aliphatic rings. The number of anilines is 2. The average molecular weight is 852 g/mol. The molecule has 1 aromatic heterocycles. The van der Waals surface area contributed by atoms with Crippen molar-refractivity contribution in [3.05, 3.63) is 90.7 Å². The molecule has 0 spiro atoms. The highest BCUT2D eigenvalue weighted by molar-refractivity contribution is 6.00. The number of amides is 6. The van der Waals surface area contributed by atoms with Gasteiger partial charge in [-0.3, -0.25) is 19.2 Å². The first kappa shape index (κ1) is 44.8. The van der Waals surface area contributed by atoms with E-state index < -0.39 is 36.4 Å². The second-order valence-electron chi connectivity index (χ2n) is 16.1. The van der Waals surface area contributed by atoms with Crippen LogP contribution in [0, 0.1) is 17.7 Å². The number of nitrogens with one attached hydrogen (secondary N) is 4. The molecule has 2 saturated heterocycles. The Kier molecular flexibility index (Phi) is 14.3. The summed E-state index contributed by atoms with van der Waals surface area (Å²) in [5, 5.41) is 11.1. The van der Waals surface area contributed by atoms with E-state index in [4.69, 9.17) is 9.47 Å². The third-order valence-corrected chi connectivity index (χ3v) is 11.3. The van der Waals surface area contributed by atoms with E-state index in [1.54, 1.807) is 36.4 Å². The number of carbonyl (C=O) groups excluding carboxylic acids is 6. The van der Waals surface area contributed by atoms with Gasteiger partial charge in [-0.15, -0.1) is 0 Å². The highest BCUT2D eigenvalue weighted by Crippen LogP contribution is 2.34. The Bertz CT molecular complexity index is 2120. The minimum atomic E-state index is -0.842. The molecule has 0 unspecified atom stereocenters. The quantitative estimate of drug-likeness (QED) is 0.117. The zero-order valence-corrected chi connectivity index (χ0v) is 35.8. The van der Waals surface area contributed by atoms with E-state index >= 15 is 0 Å². The van der Waals surface area contributed by atoms with Crippen molar-refractivity contribution in [3.8, 4) is 28.2 Å². The summed E-state index contributed by atoms with van der Waals surface area (Å²) in [5.74, 6) is -2.18. The Hall–Kier alpha value is -6.71. The Morgan fingerprint density at radius 1 is 0.581 bits per heavy atom. The third-order valence-electron chi connectivity index (χ3n) is 11.3. The monoisotopic (exact) mass is 851 g/mol. The van der Waals surface area contributed by atoms with E-state index in [2.05, 4.69) is 21.3 Å². The van der Waals surface area contributed by atoms with Crippen molar-refractivity contribution in [2.24, 2.45) is 11.8 Å². The van der Waals surface area contributed by atoms with Crippen molar-refractivity contribution in [2.45, 2.75) is 77.5 Å². The molecule has 15 nitrogen and oxygen atoms in total. The minimum absolute atomic E-state index is 0.225. The third kappa shape index (κ3) is 10.1. The number of likely N-dealkylation sites (tertiary alicyclic amines) is 2. The zero-order valence-electron chi connectivity index (χ0n) is 35.8. The van der Waals surface area contributed by atoms with Crippen molar-refractivity contribution in [1.82, 2.24) is 25.0 Å². The SMILES string of the molecule is COC(=O)N[C@H](C(=O)N1CCC[C@H]1C(=O)Nc1ccc(-c2ccc(-c3ccc(NC(=O)[C@@H]4CCCN4C(=O)[C@@H](NC(=O)OC)C(C)C)cc3)n2-c2ccc(F)cc2)cc1)C(C)C. The molecule has 3 aromatic carbocycles. The van der Waals surface area contributed by atoms with Crippen LogP contribution >= 0.6 is 0 Å². The van der Waals surface area contributed by atoms with E-state index in [9.17, 15) is 33.2 Å². The fraction of sp³-hybridized carbons (Fsp3) is 0.391. The molecule has 16 heteroatoms. The Morgan fingerprint density at radius 2 is 0.968 bits per heavy atom. The van der Waals surface area contributed by atoms with E-state index in [1.165, 1.54) is 36.2 Å². The summed E-state index contributed by atoms with van der Waals surface area (Å²) in [5.41, 5.74) is 4.98. The summed E-state index contributed by atoms with van der Waals surface area (Å²) < 4.78 is 25.6. The second kappa shape index (κ2) is 19.8. The maximum Gasteiger partial charge on any atom is 0.407 e. The molecular formula is C46H54FN7O8. The molecule has 0 bridgehead atoms. The van der Waals surface area contributed by atoms with Crippen LogP contribution < -0.4 is 21.3 Å². The van der Waals surface area contributed by atoms with Gasteiger partial charge in [0.25, 0.3) is 0 Å². The van der Waals surface area contributed by atoms with E-state index in [1.807, 2.05) is 68.7 Å². The number of methoxy groups -OCH3 is 2. The normalized spacial score (nSPS) is 17.0. The van der Waals surface area contributed by atoms with Gasteiger partial charge in [0.1, 0.15) is 30.0 Å². The van der Waals surface area contributed by atoms with Crippen LogP contribution in [-0.4, -0.2) is 102 Å². The van der Waals surface area contributed by atoms with Crippen molar-refractivity contribution in [3.63, 3.8) is 0 Å². The first-order valence-corrected chi connectivity index (χ1v) is 20.8. The Balaban J connectivity index is 1.18. The van der Waals surface area contributed by atoms with Gasteiger partial charge < -0.3 is 45.1 Å². The fourth-order valence-electron chi connectivity index (χ4n) is 8.02. The Labute approximate surface area is 360 Å². The smallest absolute Gasteiger partial charge is 0.407 e. The highest BCUT2D eigenvalue weighted by atomic mass is 19.1. The summed E-state index contributed by atoms with van der Waals surface area (Å²) in [4.78, 5) is 81.0. The standard InChI is InChI=1S/C46H54FN7O8/c1-27(2)39(50-45(59)61-5)43(57)52-25-7-9-37(52)41(55)48-32-17-11-29(12-18-32)35-23-24-36(54(35)34-21-15-31(47)16-22-34)30-13-19-33(20-14-30)49-42(56)38-10-8-26-53(38)44(58)40(28(3)4)51-46(60)62-6/h11-24,27-28,37-40H,7-10,25-26H2,1-6H3,(H,48,55)(H,49,56)(H,50,59)(H,51,60)/t37-,38-,39-,40-/m0/s1. The molecule has 2 aliphatic heterocycles. The van der Waals surface area contributed by atoms with Gasteiger partial charge in [0.2, 0.25) is 23.6 Å². The van der Waals surface area contributed by atoms with Crippen LogP contribution in [0.5, 0.6) is 0 Å². The van der Waals surface area contributed by atoms with Gasteiger partial charge in [-0.2, -0.15) is 0 Å². The summed E-state index contributed by atoms with van der Waals surface area (Å²) in [7, 11) is 2.46. The molecule has 3 heterocycles. The van der Waals surface area contributed by atoms with Gasteiger partial charge >= 0.3 is 12.2 Å². The van der Waals surface area contributed by atoms with Crippen LogP contribution in [0.2, 0.25) is 0 Å². The van der Waals surface area contributed by atoms with Crippen LogP contribution in [0.3, 0.4) is 0 Å². The van der Waals surface area contributed by atoms with Crippen LogP contribution in [0.15, 0.2) is 84.9 Å². The van der Waals surface area contributed by atoms with Gasteiger partial charge in [0.15, 0.2) is 0 Å². The van der Waals surface area contributed by atoms with Crippen LogP contribution in [0.4, 0.5) is 25.4 Å². The van der Waals surface area contributed by atoms with E-state index in [0.29, 0.717) is 55.8 Å². The number of benzene rings is 3. The van der Waals surface area contributed by atoms with Gasteiger partial charge in [-0.25, -0.2) is 14.0 Å². The number of rotatable bonds is 13. The molecule has 4 atom stereocenters. The largest absolute Gasteiger partial charge is 0.453 e. The molecule has 4 aromatic rings. The molecule has 0 radical (unpaired) electrons. The summed E-state index contributed by atoms with van der Waals surface area (Å²) in [6.45, 7) is 8.04. The number of aromatic nitrogens is 1. The van der Waals surface area contributed by atoms with Gasteiger partial charge in [-0.05, 0) is 109 Å². The molecule has 6 amide bonds. The van der Waals surface area contributed by atoms with Crippen molar-refractivity contribution in [2.75, 3.05) is 37.9 Å². The Morgan fingerprint density at radius 3 is 1.32 bits per heavy atom. The zero-order chi connectivity index (χ0) is 44.7. The predicted molar refractivity (Wildman–Crippen MR) is 232 cm³/mol. The van der Waals surface area contributed by atoms with Crippen molar-refractivity contribution in [1.29, 1.82) is 0 Å². The van der Waals surface area contributed by atoms with Crippen LogP contribution in [0.25, 0.3) is 28.2 Å². The first-order chi connectivity index (χ1) is 29.7. The van der Waals surface area contributed by atoms with Crippen molar-refractivity contribution >= 4 is 47.2 Å². The second-order valence-corrected chi connectivity index (χ2v) is 16.1. The molecule has 0 saturated carbocycles. The molecule has 0 aliphatic carbocycles. The first-order valence-electron chi connectivity index (χ1n) is 20.8. The predicted octanol–water partition coefficient (Wildman–Crippen LogP) is 6.57. The lowest BCUT2D eigenvalue weighted by Crippen LogP contribution is -2.54. The lowest BCUT2D eigenvalue weighted by atomic mass is 10.0. The van der Waals surface area contributed by atoms with Gasteiger partial charge in [0, 0.05) is 30.2 Å². The van der Waals surface area contributed by atoms with Gasteiger partial charge in [0.05, 0.1) is 25.6 Å². The van der Waals surface area contributed by atoms with E-state index in [-0.39, 0.29) is 41.3 Å². The number of nitrogens with zero attached hydrogens (tertiary/aromatic N) is 3. The highest BCUT2D eigenvalue weighted by Gasteiger charge is 2.40. The fourth-order valence-corrected chi connectivity index (χ4v) is 8.02. The molecule has 4 N–H and O–H groups in total. The maximum absolute atomic E-state index is 14.1. The number of ether oxygens (including phenoxy) is 2. The van der Waals surface area contributed by atoms with E-state index in [0.717, 1.165) is 22.5 Å². The minimum Gasteiger partial charge on any atom is -0.453 e. The lowest BCUT2D eigenvalue weighted by molar-refractivity contribution is -0.139. The number of hydrogen-bond acceptors (Lipinski definition) is 8. The number of carbonyl (C=O) groups is 6. The van der Waals surface area contributed by atoms with Crippen molar-refractivity contribution < 1.29 is 42.6 Å². The molecule has 62 heavy (non-hydrogen) atoms. The summed E-state index contributed by atoms with van der Waals surface area (Å²) in [6, 6.07) is 21.5.